The van der Waals surface area contributed by atoms with Crippen LogP contribution in [-0.2, 0) is 20.1 Å². The van der Waals surface area contributed by atoms with E-state index in [2.05, 4.69) is 20.4 Å². The van der Waals surface area contributed by atoms with Gasteiger partial charge in [-0.15, -0.1) is 11.3 Å². The second-order valence-electron chi connectivity index (χ2n) is 3.00. The molecule has 1 N–H and O–H groups in total. The van der Waals surface area contributed by atoms with Gasteiger partial charge in [-0.05, 0) is 0 Å². The lowest BCUT2D eigenvalue weighted by molar-refractivity contribution is 0.647. The van der Waals surface area contributed by atoms with Gasteiger partial charge >= 0.3 is 0 Å². The Morgan fingerprint density at radius 1 is 1.47 bits per heavy atom. The largest absolute Gasteiger partial charge is 0.303 e. The Bertz CT molecular complexity index is 397. The molecule has 7 heteroatoms. The normalized spacial score (nSPS) is 10.8. The van der Waals surface area contributed by atoms with Crippen molar-refractivity contribution in [3.8, 4) is 0 Å². The fourth-order valence-electron chi connectivity index (χ4n) is 1.12. The van der Waals surface area contributed by atoms with Gasteiger partial charge in [-0.3, -0.25) is 4.68 Å². The summed E-state index contributed by atoms with van der Waals surface area (Å²) >= 11 is 7.23. The van der Waals surface area contributed by atoms with E-state index in [-0.39, 0.29) is 0 Å². The highest BCUT2D eigenvalue weighted by Gasteiger charge is 2.01. The first kappa shape index (κ1) is 10.5. The van der Waals surface area contributed by atoms with E-state index in [1.807, 2.05) is 7.05 Å². The molecule has 0 saturated carbocycles. The monoisotopic (exact) mass is 243 g/mol. The Labute approximate surface area is 96.1 Å². The molecular weight excluding hydrogens is 234 g/mol. The van der Waals surface area contributed by atoms with Gasteiger partial charge in [0, 0.05) is 13.6 Å². The SMILES string of the molecule is Cn1cnc(CNCc2ncc(Cl)s2)n1. The molecule has 5 nitrogen and oxygen atoms in total. The van der Waals surface area contributed by atoms with E-state index >= 15 is 0 Å². The predicted molar refractivity (Wildman–Crippen MR) is 58.7 cm³/mol. The maximum Gasteiger partial charge on any atom is 0.164 e. The number of nitrogens with one attached hydrogen (secondary N) is 1. The number of halogens is 1. The molecule has 15 heavy (non-hydrogen) atoms. The van der Waals surface area contributed by atoms with E-state index < -0.39 is 0 Å². The summed E-state index contributed by atoms with van der Waals surface area (Å²) in [6.45, 7) is 1.33. The predicted octanol–water partition coefficient (Wildman–Crippen LogP) is 1.21. The molecule has 0 saturated heterocycles. The van der Waals surface area contributed by atoms with Gasteiger partial charge in [0.1, 0.15) is 15.7 Å². The first-order valence-electron chi connectivity index (χ1n) is 4.39. The standard InChI is InChI=1S/C8H10ClN5S/c1-14-5-12-7(13-14)3-10-4-8-11-2-6(9)15-8/h2,5,10H,3-4H2,1H3. The van der Waals surface area contributed by atoms with Crippen LogP contribution >= 0.6 is 22.9 Å². The van der Waals surface area contributed by atoms with Gasteiger partial charge in [0.15, 0.2) is 5.82 Å². The van der Waals surface area contributed by atoms with Crippen LogP contribution in [0, 0.1) is 0 Å². The van der Waals surface area contributed by atoms with E-state index in [0.29, 0.717) is 17.4 Å². The third-order valence-corrected chi connectivity index (χ3v) is 2.85. The third kappa shape index (κ3) is 2.98. The molecular formula is C8H10ClN5S. The summed E-state index contributed by atoms with van der Waals surface area (Å²) < 4.78 is 2.39. The number of rotatable bonds is 4. The average Bonchev–Trinajstić information content (AvgIpc) is 2.76. The minimum absolute atomic E-state index is 0.637. The highest BCUT2D eigenvalue weighted by atomic mass is 35.5. The molecule has 0 amide bonds. The topological polar surface area (TPSA) is 55.6 Å². The molecule has 0 aliphatic carbocycles. The Balaban J connectivity index is 1.80. The summed E-state index contributed by atoms with van der Waals surface area (Å²) in [6, 6.07) is 0. The van der Waals surface area contributed by atoms with Crippen LogP contribution in [0.3, 0.4) is 0 Å². The van der Waals surface area contributed by atoms with Gasteiger partial charge in [0.05, 0.1) is 12.7 Å². The van der Waals surface area contributed by atoms with Crippen molar-refractivity contribution >= 4 is 22.9 Å². The van der Waals surface area contributed by atoms with Crippen LogP contribution in [0.5, 0.6) is 0 Å². The lowest BCUT2D eigenvalue weighted by Gasteiger charge is -1.97. The minimum atomic E-state index is 0.637. The van der Waals surface area contributed by atoms with Crippen LogP contribution in [0.4, 0.5) is 0 Å². The van der Waals surface area contributed by atoms with Gasteiger partial charge in [-0.2, -0.15) is 5.10 Å². The quantitative estimate of drug-likeness (QED) is 0.877. The summed E-state index contributed by atoms with van der Waals surface area (Å²) in [5, 5.41) is 8.31. The second-order valence-corrected chi connectivity index (χ2v) is 4.74. The number of aromatic nitrogens is 4. The molecule has 0 radical (unpaired) electrons. The molecule has 0 bridgehead atoms. The van der Waals surface area contributed by atoms with Crippen molar-refractivity contribution in [2.45, 2.75) is 13.1 Å². The second kappa shape index (κ2) is 4.69. The van der Waals surface area contributed by atoms with Gasteiger partial charge in [-0.1, -0.05) is 11.6 Å². The zero-order chi connectivity index (χ0) is 10.7. The molecule has 2 heterocycles. The number of thiazole rings is 1. The molecule has 0 aliphatic heterocycles. The van der Waals surface area contributed by atoms with Crippen molar-refractivity contribution in [1.82, 2.24) is 25.1 Å². The van der Waals surface area contributed by atoms with Gasteiger partial charge in [0.25, 0.3) is 0 Å². The van der Waals surface area contributed by atoms with Crippen LogP contribution in [0.2, 0.25) is 4.34 Å². The molecule has 0 aromatic carbocycles. The molecule has 2 aromatic rings. The number of nitrogens with zero attached hydrogens (tertiary/aromatic N) is 4. The number of hydrogen-bond donors (Lipinski definition) is 1. The molecule has 2 rings (SSSR count). The fourth-order valence-corrected chi connectivity index (χ4v) is 2.04. The van der Waals surface area contributed by atoms with Crippen molar-refractivity contribution in [1.29, 1.82) is 0 Å². The average molecular weight is 244 g/mol. The van der Waals surface area contributed by atoms with E-state index in [4.69, 9.17) is 11.6 Å². The van der Waals surface area contributed by atoms with Crippen molar-refractivity contribution in [3.05, 3.63) is 27.7 Å². The van der Waals surface area contributed by atoms with Crippen LogP contribution in [0.25, 0.3) is 0 Å². The fraction of sp³-hybridized carbons (Fsp3) is 0.375. The summed E-state index contributed by atoms with van der Waals surface area (Å²) in [5.41, 5.74) is 0. The van der Waals surface area contributed by atoms with Crippen LogP contribution < -0.4 is 5.32 Å². The Hall–Kier alpha value is -0.980. The first-order chi connectivity index (χ1) is 7.24. The molecule has 0 unspecified atom stereocenters. The van der Waals surface area contributed by atoms with Crippen LogP contribution in [-0.4, -0.2) is 19.7 Å². The van der Waals surface area contributed by atoms with E-state index in [1.54, 1.807) is 17.2 Å². The summed E-state index contributed by atoms with van der Waals surface area (Å²) in [6.07, 6.45) is 3.33. The van der Waals surface area contributed by atoms with Crippen molar-refractivity contribution < 1.29 is 0 Å². The third-order valence-electron chi connectivity index (χ3n) is 1.73. The van der Waals surface area contributed by atoms with Crippen molar-refractivity contribution in [2.75, 3.05) is 0 Å². The Morgan fingerprint density at radius 2 is 2.33 bits per heavy atom. The zero-order valence-corrected chi connectivity index (χ0v) is 9.72. The van der Waals surface area contributed by atoms with E-state index in [9.17, 15) is 0 Å². The smallest absolute Gasteiger partial charge is 0.164 e. The van der Waals surface area contributed by atoms with Gasteiger partial charge < -0.3 is 5.32 Å². The molecule has 2 aromatic heterocycles. The zero-order valence-electron chi connectivity index (χ0n) is 8.14. The lowest BCUT2D eigenvalue weighted by Crippen LogP contribution is -2.13. The highest BCUT2D eigenvalue weighted by molar-refractivity contribution is 7.15. The van der Waals surface area contributed by atoms with Gasteiger partial charge in [0.2, 0.25) is 0 Å². The summed E-state index contributed by atoms with van der Waals surface area (Å²) in [4.78, 5) is 8.23. The molecule has 0 spiro atoms. The molecule has 80 valence electrons. The van der Waals surface area contributed by atoms with E-state index in [0.717, 1.165) is 10.8 Å². The minimum Gasteiger partial charge on any atom is -0.303 e. The van der Waals surface area contributed by atoms with Gasteiger partial charge in [-0.25, -0.2) is 9.97 Å². The Kier molecular flexibility index (Phi) is 3.30. The maximum atomic E-state index is 5.76. The number of hydrogen-bond acceptors (Lipinski definition) is 5. The summed E-state index contributed by atoms with van der Waals surface area (Å²) in [7, 11) is 1.84. The van der Waals surface area contributed by atoms with Crippen molar-refractivity contribution in [3.63, 3.8) is 0 Å². The van der Waals surface area contributed by atoms with Crippen LogP contribution in [0.1, 0.15) is 10.8 Å². The highest BCUT2D eigenvalue weighted by Crippen LogP contribution is 2.17. The Morgan fingerprint density at radius 3 is 2.93 bits per heavy atom. The van der Waals surface area contributed by atoms with E-state index in [1.165, 1.54) is 11.3 Å². The lowest BCUT2D eigenvalue weighted by atomic mass is 10.5. The first-order valence-corrected chi connectivity index (χ1v) is 5.59. The molecule has 0 aliphatic rings. The number of aryl methyl sites for hydroxylation is 1. The summed E-state index contributed by atoms with van der Waals surface area (Å²) in [5.74, 6) is 0.778. The van der Waals surface area contributed by atoms with Crippen molar-refractivity contribution in [2.24, 2.45) is 7.05 Å². The molecule has 0 atom stereocenters. The van der Waals surface area contributed by atoms with Crippen LogP contribution in [0.15, 0.2) is 12.5 Å². The molecule has 0 fully saturated rings. The maximum absolute atomic E-state index is 5.76.